The van der Waals surface area contributed by atoms with Crippen molar-refractivity contribution in [3.63, 3.8) is 0 Å². The van der Waals surface area contributed by atoms with Crippen molar-refractivity contribution in [3.05, 3.63) is 60.6 Å². The second-order valence-electron chi connectivity index (χ2n) is 10.6. The molecule has 0 spiro atoms. The Balaban J connectivity index is 1.72. The second-order valence-corrected chi connectivity index (χ2v) is 16.2. The molecule has 0 aliphatic carbocycles. The standard InChI is InChI=1S/C26H33N3OSi/c1-26(2,3)22-16-20(15-19-9-7-8-10-21(19)22)24-25-23(11-12-27-24)29(17-28-25)18-30-13-14-31(4,5)6/h7-12,15-17H,13-14,18H2,1-6H3. The molecule has 4 aromatic rings. The van der Waals surface area contributed by atoms with E-state index in [1.807, 2.05) is 18.6 Å². The van der Waals surface area contributed by atoms with Crippen LogP contribution in [0.5, 0.6) is 0 Å². The van der Waals surface area contributed by atoms with Gasteiger partial charge in [0.25, 0.3) is 0 Å². The highest BCUT2D eigenvalue weighted by Crippen LogP contribution is 2.35. The first-order valence-corrected chi connectivity index (χ1v) is 14.8. The van der Waals surface area contributed by atoms with Gasteiger partial charge in [-0.05, 0) is 46.0 Å². The van der Waals surface area contributed by atoms with Gasteiger partial charge < -0.3 is 9.30 Å². The number of rotatable bonds is 6. The van der Waals surface area contributed by atoms with Crippen molar-refractivity contribution in [2.24, 2.45) is 0 Å². The monoisotopic (exact) mass is 431 g/mol. The molecular weight excluding hydrogens is 398 g/mol. The fraction of sp³-hybridized carbons (Fsp3) is 0.385. The molecule has 2 aromatic heterocycles. The fourth-order valence-corrected chi connectivity index (χ4v) is 4.67. The number of imidazole rings is 1. The zero-order valence-corrected chi connectivity index (χ0v) is 20.6. The Morgan fingerprint density at radius 1 is 1.00 bits per heavy atom. The zero-order chi connectivity index (χ0) is 22.2. The molecule has 0 aliphatic rings. The molecule has 4 nitrogen and oxygen atoms in total. The lowest BCUT2D eigenvalue weighted by Crippen LogP contribution is -2.21. The Morgan fingerprint density at radius 2 is 1.77 bits per heavy atom. The van der Waals surface area contributed by atoms with E-state index in [0.29, 0.717) is 6.73 Å². The lowest BCUT2D eigenvalue weighted by atomic mass is 9.82. The predicted octanol–water partition coefficient (Wildman–Crippen LogP) is 6.86. The summed E-state index contributed by atoms with van der Waals surface area (Å²) in [6, 6.07) is 16.3. The van der Waals surface area contributed by atoms with Crippen LogP contribution in [0.15, 0.2) is 55.0 Å². The van der Waals surface area contributed by atoms with Crippen molar-refractivity contribution in [2.45, 2.75) is 58.6 Å². The van der Waals surface area contributed by atoms with E-state index in [9.17, 15) is 0 Å². The van der Waals surface area contributed by atoms with Gasteiger partial charge in [-0.15, -0.1) is 0 Å². The third kappa shape index (κ3) is 4.73. The van der Waals surface area contributed by atoms with Crippen LogP contribution in [-0.2, 0) is 16.9 Å². The van der Waals surface area contributed by atoms with E-state index in [2.05, 4.69) is 81.4 Å². The second kappa shape index (κ2) is 8.21. The summed E-state index contributed by atoms with van der Waals surface area (Å²) < 4.78 is 8.05. The Hall–Kier alpha value is -2.50. The van der Waals surface area contributed by atoms with Gasteiger partial charge in [-0.2, -0.15) is 0 Å². The first-order valence-electron chi connectivity index (χ1n) is 11.0. The average molecular weight is 432 g/mol. The van der Waals surface area contributed by atoms with Crippen LogP contribution in [0.3, 0.4) is 0 Å². The summed E-state index contributed by atoms with van der Waals surface area (Å²) in [5.41, 5.74) is 5.38. The lowest BCUT2D eigenvalue weighted by molar-refractivity contribution is 0.0898. The van der Waals surface area contributed by atoms with Crippen LogP contribution < -0.4 is 0 Å². The molecule has 31 heavy (non-hydrogen) atoms. The zero-order valence-electron chi connectivity index (χ0n) is 19.6. The molecule has 0 radical (unpaired) electrons. The van der Waals surface area contributed by atoms with Crippen LogP contribution in [0.4, 0.5) is 0 Å². The highest BCUT2D eigenvalue weighted by Gasteiger charge is 2.20. The molecule has 0 bridgehead atoms. The number of fused-ring (bicyclic) bond motifs is 2. The largest absolute Gasteiger partial charge is 0.361 e. The maximum atomic E-state index is 5.97. The number of ether oxygens (including phenoxy) is 1. The molecule has 0 saturated heterocycles. The highest BCUT2D eigenvalue weighted by molar-refractivity contribution is 6.76. The van der Waals surface area contributed by atoms with E-state index in [1.54, 1.807) is 0 Å². The minimum Gasteiger partial charge on any atom is -0.361 e. The number of hydrogen-bond donors (Lipinski definition) is 0. The van der Waals surface area contributed by atoms with E-state index < -0.39 is 8.07 Å². The summed E-state index contributed by atoms with van der Waals surface area (Å²) in [6.45, 7) is 15.2. The van der Waals surface area contributed by atoms with Crippen molar-refractivity contribution >= 4 is 29.9 Å². The van der Waals surface area contributed by atoms with Gasteiger partial charge in [0.2, 0.25) is 0 Å². The van der Waals surface area contributed by atoms with E-state index in [-0.39, 0.29) is 5.41 Å². The molecule has 162 valence electrons. The molecule has 0 fully saturated rings. The minimum absolute atomic E-state index is 0.0348. The molecule has 0 aliphatic heterocycles. The summed E-state index contributed by atoms with van der Waals surface area (Å²) in [7, 11) is -1.09. The smallest absolute Gasteiger partial charge is 0.124 e. The molecule has 2 aromatic carbocycles. The molecule has 0 saturated carbocycles. The van der Waals surface area contributed by atoms with Gasteiger partial charge in [-0.3, -0.25) is 4.98 Å². The number of hydrogen-bond acceptors (Lipinski definition) is 3. The minimum atomic E-state index is -1.09. The van der Waals surface area contributed by atoms with Gasteiger partial charge >= 0.3 is 0 Å². The van der Waals surface area contributed by atoms with Gasteiger partial charge in [-0.25, -0.2) is 4.98 Å². The van der Waals surface area contributed by atoms with Crippen molar-refractivity contribution in [1.82, 2.24) is 14.5 Å². The summed E-state index contributed by atoms with van der Waals surface area (Å²) in [6.07, 6.45) is 3.75. The lowest BCUT2D eigenvalue weighted by Gasteiger charge is -2.22. The maximum absolute atomic E-state index is 5.97. The van der Waals surface area contributed by atoms with E-state index in [0.717, 1.165) is 28.9 Å². The fourth-order valence-electron chi connectivity index (χ4n) is 3.92. The maximum Gasteiger partial charge on any atom is 0.124 e. The quantitative estimate of drug-likeness (QED) is 0.247. The van der Waals surface area contributed by atoms with Crippen molar-refractivity contribution in [1.29, 1.82) is 0 Å². The van der Waals surface area contributed by atoms with Crippen molar-refractivity contribution < 1.29 is 4.74 Å². The molecule has 0 amide bonds. The molecule has 0 unspecified atom stereocenters. The van der Waals surface area contributed by atoms with Crippen LogP contribution in [0.2, 0.25) is 25.7 Å². The number of aromatic nitrogens is 3. The molecule has 4 rings (SSSR count). The van der Waals surface area contributed by atoms with Crippen LogP contribution >= 0.6 is 0 Å². The Bertz CT molecular complexity index is 1210. The summed E-state index contributed by atoms with van der Waals surface area (Å²) in [5.74, 6) is 0. The summed E-state index contributed by atoms with van der Waals surface area (Å²) in [4.78, 5) is 9.46. The Kier molecular flexibility index (Phi) is 5.75. The van der Waals surface area contributed by atoms with Gasteiger partial charge in [0, 0.05) is 26.4 Å². The van der Waals surface area contributed by atoms with Crippen LogP contribution in [0, 0.1) is 0 Å². The van der Waals surface area contributed by atoms with Gasteiger partial charge in [0.15, 0.2) is 0 Å². The Labute approximate surface area is 186 Å². The Morgan fingerprint density at radius 3 is 2.52 bits per heavy atom. The van der Waals surface area contributed by atoms with Crippen molar-refractivity contribution in [3.8, 4) is 11.3 Å². The van der Waals surface area contributed by atoms with E-state index in [4.69, 9.17) is 14.7 Å². The third-order valence-electron chi connectivity index (χ3n) is 5.71. The van der Waals surface area contributed by atoms with Gasteiger partial charge in [0.05, 0.1) is 17.5 Å². The molecule has 2 heterocycles. The topological polar surface area (TPSA) is 39.9 Å². The summed E-state index contributed by atoms with van der Waals surface area (Å²) in [5, 5.41) is 2.53. The number of benzene rings is 2. The van der Waals surface area contributed by atoms with E-state index >= 15 is 0 Å². The van der Waals surface area contributed by atoms with Crippen molar-refractivity contribution in [2.75, 3.05) is 6.61 Å². The molecular formula is C26H33N3OSi. The highest BCUT2D eigenvalue weighted by atomic mass is 28.3. The number of pyridine rings is 1. The van der Waals surface area contributed by atoms with Gasteiger partial charge in [-0.1, -0.05) is 64.7 Å². The first kappa shape index (κ1) is 21.7. The SMILES string of the molecule is CC(C)(C)c1cc(-c2nccc3c2ncn3COCC[Si](C)(C)C)cc2ccccc12. The van der Waals surface area contributed by atoms with Crippen LogP contribution in [0.25, 0.3) is 33.1 Å². The average Bonchev–Trinajstić information content (AvgIpc) is 3.12. The third-order valence-corrected chi connectivity index (χ3v) is 7.41. The van der Waals surface area contributed by atoms with Crippen LogP contribution in [-0.4, -0.2) is 29.2 Å². The molecule has 0 N–H and O–H groups in total. The predicted molar refractivity (Wildman–Crippen MR) is 133 cm³/mol. The first-order chi connectivity index (χ1) is 14.6. The molecule has 5 heteroatoms. The number of nitrogens with zero attached hydrogens (tertiary/aromatic N) is 3. The van der Waals surface area contributed by atoms with Crippen LogP contribution in [0.1, 0.15) is 26.3 Å². The van der Waals surface area contributed by atoms with E-state index in [1.165, 1.54) is 22.4 Å². The normalized spacial score (nSPS) is 12.7. The molecule has 0 atom stereocenters. The summed E-state index contributed by atoms with van der Waals surface area (Å²) >= 11 is 0. The van der Waals surface area contributed by atoms with Gasteiger partial charge in [0.1, 0.15) is 12.2 Å².